The lowest BCUT2D eigenvalue weighted by Crippen LogP contribution is -2.48. The van der Waals surface area contributed by atoms with Crippen LogP contribution in [0.2, 0.25) is 5.02 Å². The highest BCUT2D eigenvalue weighted by molar-refractivity contribution is 7.13. The molecule has 0 saturated carbocycles. The van der Waals surface area contributed by atoms with Gasteiger partial charge in [0.1, 0.15) is 17.8 Å². The van der Waals surface area contributed by atoms with Crippen LogP contribution in [-0.2, 0) is 21.5 Å². The third-order valence-electron chi connectivity index (χ3n) is 12.5. The Morgan fingerprint density at radius 3 is 2.59 bits per heavy atom. The van der Waals surface area contributed by atoms with Crippen molar-refractivity contribution in [2.45, 2.75) is 90.4 Å². The Balaban J connectivity index is 0.810. The molecule has 0 bridgehead atoms. The molecule has 2 amide bonds. The van der Waals surface area contributed by atoms with Crippen LogP contribution < -0.4 is 15.6 Å². The van der Waals surface area contributed by atoms with E-state index in [0.717, 1.165) is 49.6 Å². The largest absolute Gasteiger partial charge is 0.475 e. The maximum Gasteiger partial charge on any atom is 0.282 e. The number of β-amino-alcohol motifs (C(OH)–C–C–N with tert-alkyl or cyclic N) is 1. The number of thiazole rings is 1. The second kappa shape index (κ2) is 17.1. The molecule has 3 aromatic carbocycles. The van der Waals surface area contributed by atoms with Gasteiger partial charge in [0.2, 0.25) is 11.8 Å². The Kier molecular flexibility index (Phi) is 11.5. The van der Waals surface area contributed by atoms with Crippen molar-refractivity contribution in [2.24, 2.45) is 5.92 Å². The summed E-state index contributed by atoms with van der Waals surface area (Å²) >= 11 is 8.03. The standard InChI is InChI=1S/C48H49ClN8O6S/c1-26(2)41(46(61)56-24-33(58)20-38(56)44(59)52-27(3)29-11-13-30(14-12-29)43-28(4)50-25-64-43)39-21-40(54-63-39)62-18-8-17-55-23-32(22-51-55)31-15-16-36-34(19-31)48(5,6)47-53-45(60)42-35(49)9-7-10-37(42)57(36)47/h7,9-16,19,21-23,25-27,33,38,41,58H,8,17-18,20,24H2,1-6H3,(H,52,59)/t27-,33+,38-,41+/m0/s1. The van der Waals surface area contributed by atoms with E-state index in [1.54, 1.807) is 23.5 Å². The molecule has 6 heterocycles. The quantitative estimate of drug-likeness (QED) is 0.108. The fraction of sp³-hybridized carbons (Fsp3) is 0.354. The van der Waals surface area contributed by atoms with E-state index in [9.17, 15) is 19.5 Å². The van der Waals surface area contributed by atoms with Crippen molar-refractivity contribution in [3.05, 3.63) is 128 Å². The lowest BCUT2D eigenvalue weighted by Gasteiger charge is -2.29. The molecule has 4 aromatic heterocycles. The van der Waals surface area contributed by atoms with Crippen molar-refractivity contribution < 1.29 is 24.0 Å². The molecule has 0 aliphatic carbocycles. The van der Waals surface area contributed by atoms with Crippen molar-refractivity contribution in [3.63, 3.8) is 0 Å². The maximum atomic E-state index is 14.2. The van der Waals surface area contributed by atoms with E-state index < -0.39 is 23.5 Å². The molecular weight excluding hydrogens is 852 g/mol. The Morgan fingerprint density at radius 1 is 1.06 bits per heavy atom. The van der Waals surface area contributed by atoms with Crippen molar-refractivity contribution in [1.29, 1.82) is 0 Å². The molecule has 9 rings (SSSR count). The van der Waals surface area contributed by atoms with Crippen LogP contribution in [0.4, 0.5) is 0 Å². The highest BCUT2D eigenvalue weighted by Crippen LogP contribution is 2.44. The first-order valence-electron chi connectivity index (χ1n) is 21.5. The molecule has 14 nitrogen and oxygen atoms in total. The number of aliphatic hydroxyl groups excluding tert-OH is 1. The lowest BCUT2D eigenvalue weighted by molar-refractivity contribution is -0.141. The zero-order valence-corrected chi connectivity index (χ0v) is 38.0. The maximum absolute atomic E-state index is 14.2. The number of aromatic nitrogens is 6. The van der Waals surface area contributed by atoms with Gasteiger partial charge in [0.25, 0.3) is 11.4 Å². The van der Waals surface area contributed by atoms with Gasteiger partial charge in [-0.05, 0) is 85.3 Å². The molecule has 7 aromatic rings. The first-order valence-corrected chi connectivity index (χ1v) is 22.7. The predicted octanol–water partition coefficient (Wildman–Crippen LogP) is 8.01. The van der Waals surface area contributed by atoms with Crippen molar-refractivity contribution in [3.8, 4) is 33.1 Å². The van der Waals surface area contributed by atoms with Gasteiger partial charge >= 0.3 is 0 Å². The normalized spacial score (nSPS) is 17.4. The second-order valence-corrected chi connectivity index (χ2v) is 18.8. The third-order valence-corrected chi connectivity index (χ3v) is 13.8. The van der Waals surface area contributed by atoms with Gasteiger partial charge in [-0.3, -0.25) is 23.6 Å². The van der Waals surface area contributed by atoms with Gasteiger partial charge in [0.15, 0.2) is 5.76 Å². The summed E-state index contributed by atoms with van der Waals surface area (Å²) in [5, 5.41) is 23.3. The number of carbonyl (C=O) groups is 2. The lowest BCUT2D eigenvalue weighted by atomic mass is 9.84. The predicted molar refractivity (Wildman–Crippen MR) is 245 cm³/mol. The molecule has 64 heavy (non-hydrogen) atoms. The minimum absolute atomic E-state index is 0.0375. The second-order valence-electron chi connectivity index (χ2n) is 17.6. The van der Waals surface area contributed by atoms with Gasteiger partial charge in [0, 0.05) is 43.8 Å². The molecule has 0 spiro atoms. The number of ether oxygens (including phenoxy) is 1. The number of nitrogens with one attached hydrogen (secondary N) is 1. The van der Waals surface area contributed by atoms with Crippen molar-refractivity contribution >= 4 is 45.7 Å². The average molecular weight is 901 g/mol. The fourth-order valence-corrected chi connectivity index (χ4v) is 10.1. The SMILES string of the molecule is Cc1ncsc1-c1ccc([C@H](C)NC(=O)[C@@H]2C[C@@H](O)CN2C(=O)[C@@H](c2cc(OCCCn3cc(-c4ccc5c(c4)C(C)(C)c4nc(=O)c6c(Cl)cccc6n4-5)cn3)no2)C(C)C)cc1. The van der Waals surface area contributed by atoms with Crippen LogP contribution in [0.5, 0.6) is 5.88 Å². The molecule has 0 unspecified atom stereocenters. The molecule has 2 N–H and O–H groups in total. The minimum atomic E-state index is -0.844. The Hall–Kier alpha value is -6.16. The van der Waals surface area contributed by atoms with Gasteiger partial charge in [-0.1, -0.05) is 61.8 Å². The molecule has 16 heteroatoms. The monoisotopic (exact) mass is 900 g/mol. The number of aliphatic hydroxyl groups is 1. The number of amides is 2. The molecule has 1 saturated heterocycles. The van der Waals surface area contributed by atoms with Gasteiger partial charge in [-0.2, -0.15) is 10.1 Å². The van der Waals surface area contributed by atoms with E-state index in [2.05, 4.69) is 51.5 Å². The van der Waals surface area contributed by atoms with Crippen LogP contribution in [0.15, 0.2) is 94.0 Å². The zero-order valence-electron chi connectivity index (χ0n) is 36.4. The van der Waals surface area contributed by atoms with Crippen molar-refractivity contribution in [2.75, 3.05) is 13.2 Å². The highest BCUT2D eigenvalue weighted by Gasteiger charge is 2.44. The van der Waals surface area contributed by atoms with E-state index in [4.69, 9.17) is 20.9 Å². The fourth-order valence-electron chi connectivity index (χ4n) is 9.06. The molecule has 2 aliphatic rings. The summed E-state index contributed by atoms with van der Waals surface area (Å²) in [6.45, 7) is 12.8. The van der Waals surface area contributed by atoms with Gasteiger partial charge < -0.3 is 24.6 Å². The molecule has 1 fully saturated rings. The number of aryl methyl sites for hydroxylation is 2. The molecular formula is C48H49ClN8O6S. The van der Waals surface area contributed by atoms with Gasteiger partial charge in [0.05, 0.1) is 68.1 Å². The van der Waals surface area contributed by atoms with Crippen LogP contribution >= 0.6 is 22.9 Å². The van der Waals surface area contributed by atoms with Crippen LogP contribution in [0, 0.1) is 12.8 Å². The number of carbonyl (C=O) groups excluding carboxylic acids is 2. The summed E-state index contributed by atoms with van der Waals surface area (Å²) in [6.07, 6.45) is 3.74. The van der Waals surface area contributed by atoms with Gasteiger partial charge in [-0.25, -0.2) is 4.98 Å². The number of hydrogen-bond acceptors (Lipinski definition) is 11. The summed E-state index contributed by atoms with van der Waals surface area (Å²) in [7, 11) is 0. The van der Waals surface area contributed by atoms with Crippen LogP contribution in [0.3, 0.4) is 0 Å². The number of hydrogen-bond donors (Lipinski definition) is 2. The first-order chi connectivity index (χ1) is 30.7. The Labute approximate surface area is 378 Å². The third kappa shape index (κ3) is 7.90. The van der Waals surface area contributed by atoms with E-state index in [0.29, 0.717) is 41.6 Å². The van der Waals surface area contributed by atoms with Crippen molar-refractivity contribution in [1.82, 2.24) is 39.7 Å². The highest BCUT2D eigenvalue weighted by atomic mass is 35.5. The summed E-state index contributed by atoms with van der Waals surface area (Å²) in [4.78, 5) is 52.4. The van der Waals surface area contributed by atoms with E-state index >= 15 is 0 Å². The Bertz CT molecular complexity index is 2950. The zero-order chi connectivity index (χ0) is 45.0. The van der Waals surface area contributed by atoms with E-state index in [-0.39, 0.29) is 48.2 Å². The van der Waals surface area contributed by atoms with E-state index in [1.165, 1.54) is 4.90 Å². The molecule has 4 atom stereocenters. The number of rotatable bonds is 13. The van der Waals surface area contributed by atoms with E-state index in [1.807, 2.05) is 97.3 Å². The summed E-state index contributed by atoms with van der Waals surface area (Å²) in [6, 6.07) is 20.2. The average Bonchev–Trinajstić information content (AvgIpc) is 4.12. The number of fused-ring (bicyclic) bond motifs is 5. The molecule has 2 aliphatic heterocycles. The van der Waals surface area contributed by atoms with Gasteiger partial charge in [-0.15, -0.1) is 11.3 Å². The van der Waals surface area contributed by atoms with Crippen LogP contribution in [0.25, 0.3) is 38.2 Å². The number of benzene rings is 3. The topological polar surface area (TPSA) is 170 Å². The Morgan fingerprint density at radius 2 is 1.84 bits per heavy atom. The minimum Gasteiger partial charge on any atom is -0.475 e. The summed E-state index contributed by atoms with van der Waals surface area (Å²) < 4.78 is 15.6. The smallest absolute Gasteiger partial charge is 0.282 e. The molecule has 330 valence electrons. The number of nitrogens with zero attached hydrogens (tertiary/aromatic N) is 7. The molecule has 0 radical (unpaired) electrons. The first kappa shape index (κ1) is 43.1. The van der Waals surface area contributed by atoms with Crippen LogP contribution in [0.1, 0.15) is 87.8 Å². The summed E-state index contributed by atoms with van der Waals surface area (Å²) in [5.74, 6) is -0.331. The number of likely N-dealkylation sites (tertiary alicyclic amines) is 1. The number of halogens is 1. The van der Waals surface area contributed by atoms with Crippen LogP contribution in [-0.4, -0.2) is 76.6 Å². The summed E-state index contributed by atoms with van der Waals surface area (Å²) in [5.41, 5.74) is 8.61.